The summed E-state index contributed by atoms with van der Waals surface area (Å²) in [5.74, 6) is 0. The van der Waals surface area contributed by atoms with E-state index in [1.165, 1.54) is 0 Å². The quantitative estimate of drug-likeness (QED) is 0.855. The van der Waals surface area contributed by atoms with Gasteiger partial charge in [-0.1, -0.05) is 30.3 Å². The zero-order valence-electron chi connectivity index (χ0n) is 7.99. The summed E-state index contributed by atoms with van der Waals surface area (Å²) >= 11 is 0. The molecule has 0 aliphatic rings. The molecule has 0 saturated heterocycles. The van der Waals surface area contributed by atoms with Crippen LogP contribution in [0.2, 0.25) is 0 Å². The number of likely N-dealkylation sites (N-methyl/N-ethyl adjacent to an activating group) is 1. The average molecular weight is 256 g/mol. The summed E-state index contributed by atoms with van der Waals surface area (Å²) in [6.45, 7) is 1.96. The first-order valence-corrected chi connectivity index (χ1v) is 4.16. The minimum Gasteiger partial charge on any atom is -0.387 e. The van der Waals surface area contributed by atoms with Crippen LogP contribution >= 0.6 is 0 Å². The van der Waals surface area contributed by atoms with Crippen LogP contribution in [0.25, 0.3) is 0 Å². The van der Waals surface area contributed by atoms with E-state index in [9.17, 15) is 5.11 Å². The molecule has 0 radical (unpaired) electrons. The van der Waals surface area contributed by atoms with Crippen molar-refractivity contribution < 1.29 is 31.3 Å². The minimum atomic E-state index is -0.420. The summed E-state index contributed by atoms with van der Waals surface area (Å²) < 4.78 is 0. The summed E-state index contributed by atoms with van der Waals surface area (Å²) in [5, 5.41) is 12.7. The molecule has 13 heavy (non-hydrogen) atoms. The van der Waals surface area contributed by atoms with Gasteiger partial charge in [0, 0.05) is 32.2 Å². The smallest absolute Gasteiger partial charge is 0.0940 e. The van der Waals surface area contributed by atoms with Crippen molar-refractivity contribution in [3.05, 3.63) is 35.9 Å². The van der Waals surface area contributed by atoms with Crippen LogP contribution in [0.1, 0.15) is 18.6 Å². The Morgan fingerprint density at radius 1 is 1.23 bits per heavy atom. The van der Waals surface area contributed by atoms with Crippen molar-refractivity contribution in [2.45, 2.75) is 19.1 Å². The van der Waals surface area contributed by atoms with Gasteiger partial charge in [0.25, 0.3) is 0 Å². The van der Waals surface area contributed by atoms with Crippen LogP contribution in [0, 0.1) is 0 Å². The molecule has 3 heteroatoms. The molecular weight excluding hydrogens is 241 g/mol. The van der Waals surface area contributed by atoms with Gasteiger partial charge >= 0.3 is 0 Å². The number of hydrogen-bond donors (Lipinski definition) is 2. The predicted octanol–water partition coefficient (Wildman–Crippen LogP) is 1.33. The number of hydrogen-bond acceptors (Lipinski definition) is 2. The van der Waals surface area contributed by atoms with Crippen LogP contribution in [0.15, 0.2) is 30.3 Å². The van der Waals surface area contributed by atoms with Gasteiger partial charge in [-0.15, -0.1) is 0 Å². The molecule has 1 aromatic rings. The van der Waals surface area contributed by atoms with E-state index >= 15 is 0 Å². The second-order valence-electron chi connectivity index (χ2n) is 2.93. The van der Waals surface area contributed by atoms with Crippen molar-refractivity contribution >= 4 is 0 Å². The van der Waals surface area contributed by atoms with Gasteiger partial charge < -0.3 is 10.4 Å². The molecule has 0 amide bonds. The van der Waals surface area contributed by atoms with E-state index in [1.807, 2.05) is 44.3 Å². The molecule has 0 aliphatic heterocycles. The van der Waals surface area contributed by atoms with E-state index < -0.39 is 6.10 Å². The van der Waals surface area contributed by atoms with Crippen molar-refractivity contribution in [3.8, 4) is 0 Å². The molecule has 0 bridgehead atoms. The van der Waals surface area contributed by atoms with E-state index in [-0.39, 0.29) is 32.2 Å². The molecule has 70 valence electrons. The van der Waals surface area contributed by atoms with Gasteiger partial charge in [-0.2, -0.15) is 0 Å². The van der Waals surface area contributed by atoms with Gasteiger partial charge in [-0.3, -0.25) is 0 Å². The molecule has 0 saturated carbocycles. The van der Waals surface area contributed by atoms with Crippen LogP contribution < -0.4 is 5.32 Å². The van der Waals surface area contributed by atoms with Crippen molar-refractivity contribution in [2.24, 2.45) is 0 Å². The molecule has 2 atom stereocenters. The third-order valence-electron chi connectivity index (χ3n) is 2.07. The summed E-state index contributed by atoms with van der Waals surface area (Å²) in [5.41, 5.74) is 0.958. The number of aliphatic hydroxyl groups excluding tert-OH is 1. The number of aliphatic hydroxyl groups is 1. The van der Waals surface area contributed by atoms with Crippen LogP contribution in [0.4, 0.5) is 0 Å². The monoisotopic (exact) mass is 255 g/mol. The van der Waals surface area contributed by atoms with E-state index in [0.29, 0.717) is 0 Å². The maximum absolute atomic E-state index is 9.73. The van der Waals surface area contributed by atoms with Crippen LogP contribution in [-0.2, 0) is 26.2 Å². The fraction of sp³-hybridized carbons (Fsp3) is 0.400. The largest absolute Gasteiger partial charge is 0.387 e. The van der Waals surface area contributed by atoms with Crippen molar-refractivity contribution in [2.75, 3.05) is 7.05 Å². The first-order valence-electron chi connectivity index (χ1n) is 4.16. The molecular formula is C10H15NOZr. The topological polar surface area (TPSA) is 32.3 Å². The van der Waals surface area contributed by atoms with Crippen LogP contribution in [0.3, 0.4) is 0 Å². The zero-order chi connectivity index (χ0) is 8.97. The minimum absolute atomic E-state index is 0. The van der Waals surface area contributed by atoms with Crippen molar-refractivity contribution in [3.63, 3.8) is 0 Å². The van der Waals surface area contributed by atoms with Gasteiger partial charge in [-0.25, -0.2) is 0 Å². The molecule has 1 rings (SSSR count). The second-order valence-corrected chi connectivity index (χ2v) is 2.93. The maximum atomic E-state index is 9.73. The fourth-order valence-electron chi connectivity index (χ4n) is 1.10. The summed E-state index contributed by atoms with van der Waals surface area (Å²) in [6, 6.07) is 9.76. The molecule has 0 aliphatic carbocycles. The Morgan fingerprint density at radius 2 is 1.77 bits per heavy atom. The molecule has 0 fully saturated rings. The Labute approximate surface area is 98.5 Å². The number of benzene rings is 1. The Bertz CT molecular complexity index is 228. The Hall–Kier alpha value is 0.0231. The Morgan fingerprint density at radius 3 is 2.23 bits per heavy atom. The van der Waals surface area contributed by atoms with Gasteiger partial charge in [0.1, 0.15) is 0 Å². The van der Waals surface area contributed by atoms with E-state index in [1.54, 1.807) is 0 Å². The third-order valence-corrected chi connectivity index (χ3v) is 2.07. The Kier molecular flexibility index (Phi) is 6.48. The summed E-state index contributed by atoms with van der Waals surface area (Å²) in [4.78, 5) is 0. The van der Waals surface area contributed by atoms with Crippen LogP contribution in [-0.4, -0.2) is 18.2 Å². The predicted molar refractivity (Wildman–Crippen MR) is 49.9 cm³/mol. The molecule has 0 spiro atoms. The molecule has 0 unspecified atom stereocenters. The molecule has 0 heterocycles. The normalized spacial score (nSPS) is 14.4. The van der Waals surface area contributed by atoms with E-state index in [4.69, 9.17) is 0 Å². The Balaban J connectivity index is 0.00000144. The molecule has 2 nitrogen and oxygen atoms in total. The molecule has 2 N–H and O–H groups in total. The first kappa shape index (κ1) is 13.0. The van der Waals surface area contributed by atoms with Gasteiger partial charge in [0.2, 0.25) is 0 Å². The van der Waals surface area contributed by atoms with Crippen molar-refractivity contribution in [1.82, 2.24) is 5.32 Å². The van der Waals surface area contributed by atoms with Crippen LogP contribution in [0.5, 0.6) is 0 Å². The second kappa shape index (κ2) is 6.47. The van der Waals surface area contributed by atoms with Crippen molar-refractivity contribution in [1.29, 1.82) is 0 Å². The SMILES string of the molecule is CN[C@@H](C)[C@H](O)c1ccccc1.[Zr]. The van der Waals surface area contributed by atoms with E-state index in [0.717, 1.165) is 5.56 Å². The zero-order valence-corrected chi connectivity index (χ0v) is 10.4. The van der Waals surface area contributed by atoms with E-state index in [2.05, 4.69) is 5.32 Å². The van der Waals surface area contributed by atoms with Gasteiger partial charge in [0.15, 0.2) is 0 Å². The standard InChI is InChI=1S/C10H15NO.Zr/c1-8(11-2)10(12)9-6-4-3-5-7-9;/h3-8,10-12H,1-2H3;/t8-,10-;/m0./s1. The molecule has 1 aromatic carbocycles. The summed E-state index contributed by atoms with van der Waals surface area (Å²) in [6.07, 6.45) is -0.420. The van der Waals surface area contributed by atoms with Gasteiger partial charge in [0.05, 0.1) is 6.10 Å². The summed E-state index contributed by atoms with van der Waals surface area (Å²) in [7, 11) is 1.84. The third kappa shape index (κ3) is 3.72. The van der Waals surface area contributed by atoms with Gasteiger partial charge in [-0.05, 0) is 19.5 Å². The number of nitrogens with one attached hydrogen (secondary N) is 1. The maximum Gasteiger partial charge on any atom is 0.0940 e. The first-order chi connectivity index (χ1) is 5.75. The number of rotatable bonds is 3. The average Bonchev–Trinajstić information content (AvgIpc) is 2.17. The fourth-order valence-corrected chi connectivity index (χ4v) is 1.10. The molecule has 0 aromatic heterocycles.